The molecule has 4 heteroatoms. The molecule has 0 aromatic heterocycles. The zero-order chi connectivity index (χ0) is 8.43. The fourth-order valence-corrected chi connectivity index (χ4v) is 1.29. The Bertz CT molecular complexity index is 191. The van der Waals surface area contributed by atoms with Gasteiger partial charge in [-0.2, -0.15) is 0 Å². The highest BCUT2D eigenvalue weighted by Crippen LogP contribution is 2.16. The maximum atomic E-state index is 10.6. The van der Waals surface area contributed by atoms with Crippen LogP contribution in [0.2, 0.25) is 0 Å². The molecule has 0 spiro atoms. The third kappa shape index (κ3) is 1.58. The van der Waals surface area contributed by atoms with E-state index in [2.05, 4.69) is 0 Å². The molecular formula is C7H12N2O2. The molecule has 1 aliphatic carbocycles. The van der Waals surface area contributed by atoms with Crippen LogP contribution in [0.15, 0.2) is 12.2 Å². The normalized spacial score (nSPS) is 37.1. The van der Waals surface area contributed by atoms with Crippen LogP contribution in [0, 0.1) is 5.92 Å². The zero-order valence-electron chi connectivity index (χ0n) is 6.10. The molecule has 0 fully saturated rings. The first-order chi connectivity index (χ1) is 5.13. The van der Waals surface area contributed by atoms with Gasteiger partial charge in [-0.3, -0.25) is 4.79 Å². The predicted molar refractivity (Wildman–Crippen MR) is 40.8 cm³/mol. The minimum Gasteiger partial charge on any atom is -0.481 e. The minimum absolute atomic E-state index is 0.340. The minimum atomic E-state index is -0.908. The summed E-state index contributed by atoms with van der Waals surface area (Å²) < 4.78 is 0. The average Bonchev–Trinajstić information content (AvgIpc) is 1.85. The van der Waals surface area contributed by atoms with Gasteiger partial charge in [0.05, 0.1) is 5.92 Å². The number of carboxylic acid groups (broad SMARTS) is 1. The molecule has 0 saturated heterocycles. The van der Waals surface area contributed by atoms with Crippen LogP contribution in [0.5, 0.6) is 0 Å². The molecule has 1 aliphatic rings. The number of nitrogens with two attached hydrogens (primary N) is 2. The second-order valence-corrected chi connectivity index (χ2v) is 2.77. The van der Waals surface area contributed by atoms with E-state index >= 15 is 0 Å². The van der Waals surface area contributed by atoms with Gasteiger partial charge in [0.2, 0.25) is 0 Å². The second-order valence-electron chi connectivity index (χ2n) is 2.77. The number of aliphatic carboxylic acids is 1. The Labute approximate surface area is 64.9 Å². The molecule has 62 valence electrons. The molecule has 0 saturated carbocycles. The Morgan fingerprint density at radius 2 is 2.18 bits per heavy atom. The van der Waals surface area contributed by atoms with E-state index in [-0.39, 0.29) is 6.04 Å². The standard InChI is InChI=1S/C7H12N2O2/c8-4-2-1-3-5(9)6(4)7(10)11/h1-2,4-6H,3,8-9H2,(H,10,11). The summed E-state index contributed by atoms with van der Waals surface area (Å²) in [6, 6.07) is -0.774. The van der Waals surface area contributed by atoms with E-state index < -0.39 is 17.9 Å². The number of carboxylic acids is 1. The Balaban J connectivity index is 2.74. The van der Waals surface area contributed by atoms with Crippen molar-refractivity contribution in [1.82, 2.24) is 0 Å². The third-order valence-electron chi connectivity index (χ3n) is 1.93. The quantitative estimate of drug-likeness (QED) is 0.438. The van der Waals surface area contributed by atoms with Gasteiger partial charge in [-0.1, -0.05) is 12.2 Å². The molecule has 3 unspecified atom stereocenters. The van der Waals surface area contributed by atoms with Crippen molar-refractivity contribution in [3.05, 3.63) is 12.2 Å². The maximum absolute atomic E-state index is 10.6. The highest BCUT2D eigenvalue weighted by atomic mass is 16.4. The number of hydrogen-bond donors (Lipinski definition) is 3. The Morgan fingerprint density at radius 1 is 1.55 bits per heavy atom. The second kappa shape index (κ2) is 3.02. The molecule has 0 amide bonds. The lowest BCUT2D eigenvalue weighted by molar-refractivity contribution is -0.142. The number of carbonyl (C=O) groups is 1. The number of hydrogen-bond acceptors (Lipinski definition) is 3. The Kier molecular flexibility index (Phi) is 2.26. The topological polar surface area (TPSA) is 89.3 Å². The van der Waals surface area contributed by atoms with Crippen molar-refractivity contribution >= 4 is 5.97 Å². The summed E-state index contributed by atoms with van der Waals surface area (Å²) in [7, 11) is 0. The molecule has 0 aliphatic heterocycles. The molecule has 4 nitrogen and oxygen atoms in total. The van der Waals surface area contributed by atoms with Crippen molar-refractivity contribution in [1.29, 1.82) is 0 Å². The van der Waals surface area contributed by atoms with Gasteiger partial charge in [0.15, 0.2) is 0 Å². The van der Waals surface area contributed by atoms with E-state index in [1.165, 1.54) is 0 Å². The van der Waals surface area contributed by atoms with Crippen LogP contribution in [-0.4, -0.2) is 23.2 Å². The first-order valence-corrected chi connectivity index (χ1v) is 3.53. The average molecular weight is 156 g/mol. The summed E-state index contributed by atoms with van der Waals surface area (Å²) in [6.45, 7) is 0. The SMILES string of the molecule is NC1C=CCC(N)C1C(=O)O. The van der Waals surface area contributed by atoms with Gasteiger partial charge in [-0.25, -0.2) is 0 Å². The lowest BCUT2D eigenvalue weighted by Crippen LogP contribution is -2.47. The van der Waals surface area contributed by atoms with E-state index in [9.17, 15) is 4.79 Å². The highest BCUT2D eigenvalue weighted by Gasteiger charge is 2.31. The van der Waals surface area contributed by atoms with Crippen molar-refractivity contribution in [2.24, 2.45) is 17.4 Å². The van der Waals surface area contributed by atoms with Crippen molar-refractivity contribution in [2.45, 2.75) is 18.5 Å². The summed E-state index contributed by atoms with van der Waals surface area (Å²) in [5.74, 6) is -1.53. The van der Waals surface area contributed by atoms with Gasteiger partial charge < -0.3 is 16.6 Å². The first-order valence-electron chi connectivity index (χ1n) is 3.53. The van der Waals surface area contributed by atoms with Crippen molar-refractivity contribution in [3.63, 3.8) is 0 Å². The van der Waals surface area contributed by atoms with Gasteiger partial charge in [-0.15, -0.1) is 0 Å². The van der Waals surface area contributed by atoms with Gasteiger partial charge in [0.1, 0.15) is 0 Å². The van der Waals surface area contributed by atoms with Gasteiger partial charge in [-0.05, 0) is 6.42 Å². The fourth-order valence-electron chi connectivity index (χ4n) is 1.29. The molecule has 0 aromatic carbocycles. The molecule has 3 atom stereocenters. The zero-order valence-corrected chi connectivity index (χ0v) is 6.10. The lowest BCUT2D eigenvalue weighted by atomic mass is 9.86. The largest absolute Gasteiger partial charge is 0.481 e. The van der Waals surface area contributed by atoms with E-state index in [4.69, 9.17) is 16.6 Å². The molecule has 1 rings (SSSR count). The van der Waals surface area contributed by atoms with Crippen LogP contribution in [0.3, 0.4) is 0 Å². The molecule has 0 bridgehead atoms. The van der Waals surface area contributed by atoms with Gasteiger partial charge in [0.25, 0.3) is 0 Å². The van der Waals surface area contributed by atoms with Gasteiger partial charge in [0, 0.05) is 12.1 Å². The van der Waals surface area contributed by atoms with Crippen LogP contribution < -0.4 is 11.5 Å². The Morgan fingerprint density at radius 3 is 2.55 bits per heavy atom. The summed E-state index contributed by atoms with van der Waals surface area (Å²) in [5.41, 5.74) is 11.1. The number of rotatable bonds is 1. The first kappa shape index (κ1) is 8.23. The molecule has 0 radical (unpaired) electrons. The molecule has 11 heavy (non-hydrogen) atoms. The molecule has 0 aromatic rings. The van der Waals surface area contributed by atoms with Crippen LogP contribution in [0.4, 0.5) is 0 Å². The van der Waals surface area contributed by atoms with E-state index in [1.807, 2.05) is 6.08 Å². The fraction of sp³-hybridized carbons (Fsp3) is 0.571. The summed E-state index contributed by atoms with van der Waals surface area (Å²) >= 11 is 0. The van der Waals surface area contributed by atoms with Crippen LogP contribution >= 0.6 is 0 Å². The van der Waals surface area contributed by atoms with Crippen LogP contribution in [0.25, 0.3) is 0 Å². The van der Waals surface area contributed by atoms with Gasteiger partial charge >= 0.3 is 5.97 Å². The predicted octanol–water partition coefficient (Wildman–Crippen LogP) is -0.698. The smallest absolute Gasteiger partial charge is 0.310 e. The third-order valence-corrected chi connectivity index (χ3v) is 1.93. The monoisotopic (exact) mass is 156 g/mol. The van der Waals surface area contributed by atoms with Crippen molar-refractivity contribution in [3.8, 4) is 0 Å². The summed E-state index contributed by atoms with van der Waals surface area (Å²) in [6.07, 6.45) is 4.13. The molecule has 0 heterocycles. The van der Waals surface area contributed by atoms with Crippen LogP contribution in [0.1, 0.15) is 6.42 Å². The van der Waals surface area contributed by atoms with Crippen LogP contribution in [-0.2, 0) is 4.79 Å². The maximum Gasteiger partial charge on any atom is 0.310 e. The Hall–Kier alpha value is -0.870. The van der Waals surface area contributed by atoms with E-state index in [0.29, 0.717) is 6.42 Å². The van der Waals surface area contributed by atoms with Crippen molar-refractivity contribution < 1.29 is 9.90 Å². The summed E-state index contributed by atoms with van der Waals surface area (Å²) in [5, 5.41) is 8.69. The van der Waals surface area contributed by atoms with E-state index in [1.54, 1.807) is 6.08 Å². The van der Waals surface area contributed by atoms with E-state index in [0.717, 1.165) is 0 Å². The van der Waals surface area contributed by atoms with Crippen molar-refractivity contribution in [2.75, 3.05) is 0 Å². The molecular weight excluding hydrogens is 144 g/mol. The highest BCUT2D eigenvalue weighted by molar-refractivity contribution is 5.72. The lowest BCUT2D eigenvalue weighted by Gasteiger charge is -2.26. The summed E-state index contributed by atoms with van der Waals surface area (Å²) in [4.78, 5) is 10.6. The molecule has 5 N–H and O–H groups in total.